The number of hydrogen-bond donors (Lipinski definition) is 1. The smallest absolute Gasteiger partial charge is 0.407 e. The highest BCUT2D eigenvalue weighted by atomic mass is 16.5. The zero-order valence-corrected chi connectivity index (χ0v) is 15.6. The molecule has 1 heterocycles. The summed E-state index contributed by atoms with van der Waals surface area (Å²) in [7, 11) is 1.66. The van der Waals surface area contributed by atoms with Crippen LogP contribution in [0.5, 0.6) is 5.75 Å². The minimum absolute atomic E-state index is 0.00525. The SMILES string of the molecule is COc1ccccc1C(CNC(=O)OCc1ccccc1)N1CCOCC1. The summed E-state index contributed by atoms with van der Waals surface area (Å²) < 4.78 is 16.3. The molecule has 2 aromatic carbocycles. The molecule has 1 amide bonds. The second-order valence-electron chi connectivity index (χ2n) is 6.35. The van der Waals surface area contributed by atoms with Gasteiger partial charge >= 0.3 is 6.09 Å². The lowest BCUT2D eigenvalue weighted by atomic mass is 10.0. The van der Waals surface area contributed by atoms with E-state index in [4.69, 9.17) is 14.2 Å². The normalized spacial score (nSPS) is 15.7. The lowest BCUT2D eigenvalue weighted by Crippen LogP contribution is -2.44. The van der Waals surface area contributed by atoms with Gasteiger partial charge in [0.1, 0.15) is 12.4 Å². The van der Waals surface area contributed by atoms with Gasteiger partial charge < -0.3 is 19.5 Å². The minimum Gasteiger partial charge on any atom is -0.496 e. The van der Waals surface area contributed by atoms with Crippen molar-refractivity contribution in [3.05, 3.63) is 65.7 Å². The van der Waals surface area contributed by atoms with E-state index in [-0.39, 0.29) is 12.6 Å². The van der Waals surface area contributed by atoms with E-state index in [0.29, 0.717) is 19.8 Å². The van der Waals surface area contributed by atoms with Crippen molar-refractivity contribution in [2.75, 3.05) is 40.0 Å². The molecular weight excluding hydrogens is 344 g/mol. The first-order chi connectivity index (χ1) is 13.3. The number of carbonyl (C=O) groups excluding carboxylic acids is 1. The van der Waals surface area contributed by atoms with Crippen LogP contribution in [0, 0.1) is 0 Å². The molecule has 1 saturated heterocycles. The van der Waals surface area contributed by atoms with Crippen molar-refractivity contribution in [1.82, 2.24) is 10.2 Å². The highest BCUT2D eigenvalue weighted by molar-refractivity contribution is 5.67. The number of carbonyl (C=O) groups is 1. The Morgan fingerprint density at radius 2 is 1.81 bits per heavy atom. The van der Waals surface area contributed by atoms with Gasteiger partial charge in [-0.05, 0) is 11.6 Å². The Morgan fingerprint density at radius 3 is 2.56 bits per heavy atom. The number of nitrogens with zero attached hydrogens (tertiary/aromatic N) is 1. The van der Waals surface area contributed by atoms with Gasteiger partial charge in [0, 0.05) is 25.2 Å². The Kier molecular flexibility index (Phi) is 7.07. The number of methoxy groups -OCH3 is 1. The van der Waals surface area contributed by atoms with Crippen LogP contribution in [0.2, 0.25) is 0 Å². The molecule has 6 nitrogen and oxygen atoms in total. The van der Waals surface area contributed by atoms with Gasteiger partial charge in [0.15, 0.2) is 0 Å². The zero-order chi connectivity index (χ0) is 18.9. The predicted molar refractivity (Wildman–Crippen MR) is 103 cm³/mol. The summed E-state index contributed by atoms with van der Waals surface area (Å²) in [6.07, 6.45) is -0.424. The van der Waals surface area contributed by atoms with Crippen molar-refractivity contribution in [2.45, 2.75) is 12.6 Å². The number of nitrogens with one attached hydrogen (secondary N) is 1. The summed E-state index contributed by atoms with van der Waals surface area (Å²) in [6.45, 7) is 3.68. The molecular formula is C21H26N2O4. The van der Waals surface area contributed by atoms with Crippen LogP contribution in [0.3, 0.4) is 0 Å². The molecule has 1 aliphatic rings. The molecule has 144 valence electrons. The van der Waals surface area contributed by atoms with Crippen LogP contribution in [0.15, 0.2) is 54.6 Å². The van der Waals surface area contributed by atoms with Crippen LogP contribution in [-0.4, -0.2) is 51.0 Å². The number of alkyl carbamates (subject to hydrolysis) is 1. The van der Waals surface area contributed by atoms with Crippen LogP contribution < -0.4 is 10.1 Å². The van der Waals surface area contributed by atoms with E-state index in [2.05, 4.69) is 10.2 Å². The number of ether oxygens (including phenoxy) is 3. The van der Waals surface area contributed by atoms with Crippen molar-refractivity contribution < 1.29 is 19.0 Å². The second-order valence-corrected chi connectivity index (χ2v) is 6.35. The average Bonchev–Trinajstić information content (AvgIpc) is 2.74. The van der Waals surface area contributed by atoms with Crippen molar-refractivity contribution in [3.8, 4) is 5.75 Å². The molecule has 6 heteroatoms. The van der Waals surface area contributed by atoms with Gasteiger partial charge in [0.2, 0.25) is 0 Å². The zero-order valence-electron chi connectivity index (χ0n) is 15.6. The fraction of sp³-hybridized carbons (Fsp3) is 0.381. The fourth-order valence-electron chi connectivity index (χ4n) is 3.22. The summed E-state index contributed by atoms with van der Waals surface area (Å²) in [6, 6.07) is 17.5. The molecule has 1 aliphatic heterocycles. The van der Waals surface area contributed by atoms with E-state index in [1.54, 1.807) is 7.11 Å². The predicted octanol–water partition coefficient (Wildman–Crippen LogP) is 2.99. The van der Waals surface area contributed by atoms with Crippen LogP contribution in [0.25, 0.3) is 0 Å². The Morgan fingerprint density at radius 1 is 1.11 bits per heavy atom. The van der Waals surface area contributed by atoms with Gasteiger partial charge in [-0.1, -0.05) is 48.5 Å². The molecule has 1 atom stereocenters. The summed E-state index contributed by atoms with van der Waals surface area (Å²) in [5, 5.41) is 2.90. The lowest BCUT2D eigenvalue weighted by molar-refractivity contribution is 0.0155. The number of benzene rings is 2. The molecule has 0 aliphatic carbocycles. The largest absolute Gasteiger partial charge is 0.496 e. The molecule has 2 aromatic rings. The maximum absolute atomic E-state index is 12.2. The Labute approximate surface area is 160 Å². The molecule has 0 bridgehead atoms. The molecule has 1 N–H and O–H groups in total. The van der Waals surface area contributed by atoms with Crippen LogP contribution in [0.1, 0.15) is 17.2 Å². The molecule has 0 spiro atoms. The summed E-state index contributed by atoms with van der Waals surface area (Å²) in [4.78, 5) is 14.5. The third-order valence-corrected chi connectivity index (χ3v) is 4.64. The molecule has 1 fully saturated rings. The van der Waals surface area contributed by atoms with E-state index in [0.717, 1.165) is 30.0 Å². The van der Waals surface area contributed by atoms with E-state index in [9.17, 15) is 4.79 Å². The van der Waals surface area contributed by atoms with Gasteiger partial charge in [-0.3, -0.25) is 4.90 Å². The third-order valence-electron chi connectivity index (χ3n) is 4.64. The van der Waals surface area contributed by atoms with E-state index in [1.807, 2.05) is 54.6 Å². The maximum Gasteiger partial charge on any atom is 0.407 e. The quantitative estimate of drug-likeness (QED) is 0.812. The first kappa shape index (κ1) is 19.2. The second kappa shape index (κ2) is 9.94. The Balaban J connectivity index is 1.63. The van der Waals surface area contributed by atoms with Crippen molar-refractivity contribution in [2.24, 2.45) is 0 Å². The number of para-hydroxylation sites is 1. The summed E-state index contributed by atoms with van der Waals surface area (Å²) in [5.41, 5.74) is 2.01. The van der Waals surface area contributed by atoms with Crippen molar-refractivity contribution >= 4 is 6.09 Å². The minimum atomic E-state index is -0.424. The molecule has 3 rings (SSSR count). The van der Waals surface area contributed by atoms with E-state index in [1.165, 1.54) is 0 Å². The molecule has 0 aromatic heterocycles. The highest BCUT2D eigenvalue weighted by Crippen LogP contribution is 2.29. The Bertz CT molecular complexity index is 717. The van der Waals surface area contributed by atoms with Crippen LogP contribution >= 0.6 is 0 Å². The van der Waals surface area contributed by atoms with Crippen molar-refractivity contribution in [1.29, 1.82) is 0 Å². The monoisotopic (exact) mass is 370 g/mol. The van der Waals surface area contributed by atoms with E-state index < -0.39 is 6.09 Å². The first-order valence-corrected chi connectivity index (χ1v) is 9.17. The first-order valence-electron chi connectivity index (χ1n) is 9.17. The highest BCUT2D eigenvalue weighted by Gasteiger charge is 2.25. The fourth-order valence-corrected chi connectivity index (χ4v) is 3.22. The standard InChI is InChI=1S/C21H26N2O4/c1-25-20-10-6-5-9-18(20)19(23-11-13-26-14-12-23)15-22-21(24)27-16-17-7-3-2-4-8-17/h2-10,19H,11-16H2,1H3,(H,22,24). The maximum atomic E-state index is 12.2. The van der Waals surface area contributed by atoms with Gasteiger partial charge in [0.05, 0.1) is 26.4 Å². The van der Waals surface area contributed by atoms with Gasteiger partial charge in [-0.25, -0.2) is 4.79 Å². The van der Waals surface area contributed by atoms with Crippen LogP contribution in [0.4, 0.5) is 4.79 Å². The molecule has 1 unspecified atom stereocenters. The summed E-state index contributed by atoms with van der Waals surface area (Å²) in [5.74, 6) is 0.813. The molecule has 27 heavy (non-hydrogen) atoms. The Hall–Kier alpha value is -2.57. The van der Waals surface area contributed by atoms with Gasteiger partial charge in [-0.15, -0.1) is 0 Å². The summed E-state index contributed by atoms with van der Waals surface area (Å²) >= 11 is 0. The number of amides is 1. The third kappa shape index (κ3) is 5.45. The molecule has 0 radical (unpaired) electrons. The van der Waals surface area contributed by atoms with Gasteiger partial charge in [-0.2, -0.15) is 0 Å². The van der Waals surface area contributed by atoms with Crippen LogP contribution in [-0.2, 0) is 16.1 Å². The number of hydrogen-bond acceptors (Lipinski definition) is 5. The number of rotatable bonds is 7. The van der Waals surface area contributed by atoms with E-state index >= 15 is 0 Å². The lowest BCUT2D eigenvalue weighted by Gasteiger charge is -2.35. The number of morpholine rings is 1. The van der Waals surface area contributed by atoms with Crippen molar-refractivity contribution in [3.63, 3.8) is 0 Å². The molecule has 0 saturated carbocycles. The topological polar surface area (TPSA) is 60.0 Å². The average molecular weight is 370 g/mol. The van der Waals surface area contributed by atoms with Gasteiger partial charge in [0.25, 0.3) is 0 Å².